The van der Waals surface area contributed by atoms with E-state index in [9.17, 15) is 8.42 Å². The van der Waals surface area contributed by atoms with Crippen molar-refractivity contribution in [3.8, 4) is 11.3 Å². The predicted molar refractivity (Wildman–Crippen MR) is 131 cm³/mol. The van der Waals surface area contributed by atoms with Crippen molar-refractivity contribution in [1.29, 1.82) is 0 Å². The number of aromatic nitrogens is 1. The molecular weight excluding hydrogens is 421 g/mol. The molecule has 2 aliphatic rings. The Hall–Kier alpha value is -2.29. The predicted octanol–water partition coefficient (Wildman–Crippen LogP) is 2.45. The molecule has 1 aromatic heterocycles. The summed E-state index contributed by atoms with van der Waals surface area (Å²) in [4.78, 5) is 5.78. The molecule has 0 bridgehead atoms. The van der Waals surface area contributed by atoms with Crippen LogP contribution in [-0.4, -0.2) is 70.0 Å². The Balaban J connectivity index is 1.51. The molecule has 3 heterocycles. The van der Waals surface area contributed by atoms with Crippen LogP contribution in [0, 0.1) is 0 Å². The summed E-state index contributed by atoms with van der Waals surface area (Å²) < 4.78 is 29.2. The highest BCUT2D eigenvalue weighted by Gasteiger charge is 2.23. The van der Waals surface area contributed by atoms with E-state index in [2.05, 4.69) is 39.5 Å². The fourth-order valence-corrected chi connectivity index (χ4v) is 5.92. The summed E-state index contributed by atoms with van der Waals surface area (Å²) in [5.74, 6) is 0.458. The maximum atomic E-state index is 11.8. The molecule has 166 valence electrons. The number of anilines is 1. The van der Waals surface area contributed by atoms with E-state index in [4.69, 9.17) is 12.6 Å². The van der Waals surface area contributed by atoms with Gasteiger partial charge in [-0.15, -0.1) is 0 Å². The maximum Gasteiger partial charge on any atom is 0.152 e. The summed E-state index contributed by atoms with van der Waals surface area (Å²) in [6, 6.07) is 14.8. The highest BCUT2D eigenvalue weighted by Crippen LogP contribution is 2.30. The quantitative estimate of drug-likeness (QED) is 0.586. The van der Waals surface area contributed by atoms with Crippen LogP contribution in [0.25, 0.3) is 22.2 Å². The molecule has 32 heavy (non-hydrogen) atoms. The first-order valence-electron chi connectivity index (χ1n) is 11.2. The van der Waals surface area contributed by atoms with Crippen LogP contribution in [-0.2, 0) is 21.1 Å². The summed E-state index contributed by atoms with van der Waals surface area (Å²) in [6.45, 7) is 3.39. The van der Waals surface area contributed by atoms with Crippen LogP contribution in [0.1, 0.15) is 18.4 Å². The van der Waals surface area contributed by atoms with Crippen LogP contribution in [0.3, 0.4) is 0 Å². The second-order valence-electron chi connectivity index (χ2n) is 8.80. The number of rotatable bonds is 5. The molecule has 2 saturated heterocycles. The normalized spacial score (nSPS) is 19.9. The van der Waals surface area contributed by atoms with Gasteiger partial charge in [0.1, 0.15) is 7.85 Å². The van der Waals surface area contributed by atoms with E-state index in [1.807, 2.05) is 18.2 Å². The minimum Gasteiger partial charge on any atom is -0.381 e. The van der Waals surface area contributed by atoms with Crippen molar-refractivity contribution >= 4 is 39.7 Å². The molecule has 2 aliphatic heterocycles. The highest BCUT2D eigenvalue weighted by atomic mass is 32.2. The number of nitrogens with zero attached hydrogens (tertiary/aromatic N) is 1. The number of hydrogen-bond acceptors (Lipinski definition) is 5. The zero-order valence-corrected chi connectivity index (χ0v) is 19.0. The monoisotopic (exact) mass is 449 g/mol. The average molecular weight is 449 g/mol. The van der Waals surface area contributed by atoms with Crippen LogP contribution < -0.4 is 10.8 Å². The van der Waals surface area contributed by atoms with Gasteiger partial charge in [0.2, 0.25) is 0 Å². The Morgan fingerprint density at radius 3 is 2.53 bits per heavy atom. The van der Waals surface area contributed by atoms with Gasteiger partial charge >= 0.3 is 0 Å². The lowest BCUT2D eigenvalue weighted by Crippen LogP contribution is -2.39. The van der Waals surface area contributed by atoms with Gasteiger partial charge in [-0.1, -0.05) is 35.8 Å². The minimum absolute atomic E-state index is 0.229. The van der Waals surface area contributed by atoms with Crippen LogP contribution >= 0.6 is 0 Å². The molecule has 5 rings (SSSR count). The van der Waals surface area contributed by atoms with Crippen LogP contribution in [0.4, 0.5) is 5.69 Å². The smallest absolute Gasteiger partial charge is 0.152 e. The first kappa shape index (κ1) is 21.6. The third kappa shape index (κ3) is 4.58. The molecule has 0 spiro atoms. The summed E-state index contributed by atoms with van der Waals surface area (Å²) in [7, 11) is 3.74. The van der Waals surface area contributed by atoms with Gasteiger partial charge in [-0.25, -0.2) is 8.42 Å². The van der Waals surface area contributed by atoms with Crippen molar-refractivity contribution in [2.75, 3.05) is 43.1 Å². The number of fused-ring (bicyclic) bond motifs is 1. The van der Waals surface area contributed by atoms with Crippen molar-refractivity contribution in [1.82, 2.24) is 9.88 Å². The maximum absolute atomic E-state index is 11.8. The first-order valence-corrected chi connectivity index (χ1v) is 13.1. The lowest BCUT2D eigenvalue weighted by molar-refractivity contribution is 0.0905. The Kier molecular flexibility index (Phi) is 6.01. The molecule has 0 unspecified atom stereocenters. The summed E-state index contributed by atoms with van der Waals surface area (Å²) in [6.07, 6.45) is 1.94. The number of ether oxygens (including phenoxy) is 1. The minimum atomic E-state index is -2.89. The number of nitrogens with one attached hydrogen (secondary N) is 2. The van der Waals surface area contributed by atoms with Crippen molar-refractivity contribution in [3.05, 3.63) is 48.0 Å². The largest absolute Gasteiger partial charge is 0.381 e. The molecule has 2 fully saturated rings. The number of H-pyrrole nitrogens is 1. The molecule has 2 radical (unpaired) electrons. The molecule has 3 aromatic rings. The fraction of sp³-hybridized carbons (Fsp3) is 0.417. The van der Waals surface area contributed by atoms with Crippen molar-refractivity contribution in [2.24, 2.45) is 0 Å². The first-order chi connectivity index (χ1) is 15.5. The zero-order valence-electron chi connectivity index (χ0n) is 18.1. The number of aromatic amines is 1. The van der Waals surface area contributed by atoms with E-state index >= 15 is 0 Å². The Morgan fingerprint density at radius 1 is 1.09 bits per heavy atom. The van der Waals surface area contributed by atoms with E-state index in [1.54, 1.807) is 0 Å². The molecule has 0 amide bonds. The Labute approximate surface area is 190 Å². The molecule has 2 aromatic carbocycles. The average Bonchev–Trinajstić information content (AvgIpc) is 3.13. The third-order valence-electron chi connectivity index (χ3n) is 6.49. The summed E-state index contributed by atoms with van der Waals surface area (Å²) in [5.41, 5.74) is 5.92. The topological polar surface area (TPSA) is 74.4 Å². The standard InChI is InChI=1S/C24H28BN3O3S/c25-22-20-14-17(16-28-8-12-32(29,30)13-9-28)15-21(26-19-6-10-31-11-7-19)24(20)27-23(22)18-4-2-1-3-5-18/h1-5,14-15,19,26-27H,6-13,16H2. The van der Waals surface area contributed by atoms with Crippen molar-refractivity contribution in [2.45, 2.75) is 25.4 Å². The Morgan fingerprint density at radius 2 is 1.81 bits per heavy atom. The van der Waals surface area contributed by atoms with Crippen molar-refractivity contribution in [3.63, 3.8) is 0 Å². The number of benzene rings is 2. The van der Waals surface area contributed by atoms with E-state index in [0.29, 0.717) is 25.7 Å². The van der Waals surface area contributed by atoms with E-state index in [-0.39, 0.29) is 11.5 Å². The second kappa shape index (κ2) is 8.92. The summed E-state index contributed by atoms with van der Waals surface area (Å²) >= 11 is 0. The van der Waals surface area contributed by atoms with E-state index in [0.717, 1.165) is 64.9 Å². The molecule has 0 saturated carbocycles. The van der Waals surface area contributed by atoms with E-state index in [1.165, 1.54) is 0 Å². The third-order valence-corrected chi connectivity index (χ3v) is 8.10. The molecular formula is C24H28BN3O3S. The SMILES string of the molecule is [B]c1c(-c2ccccc2)[nH]c2c(NC3CCOCC3)cc(CN3CCS(=O)(=O)CC3)cc12. The van der Waals surface area contributed by atoms with Gasteiger partial charge in [0.25, 0.3) is 0 Å². The number of sulfone groups is 1. The van der Waals surface area contributed by atoms with Gasteiger partial charge in [0, 0.05) is 44.6 Å². The fourth-order valence-electron chi connectivity index (χ4n) is 4.64. The van der Waals surface area contributed by atoms with Crippen molar-refractivity contribution < 1.29 is 13.2 Å². The summed E-state index contributed by atoms with van der Waals surface area (Å²) in [5, 5.41) is 4.73. The molecule has 2 N–H and O–H groups in total. The Bertz CT molecular complexity index is 1190. The van der Waals surface area contributed by atoms with Gasteiger partial charge < -0.3 is 15.0 Å². The van der Waals surface area contributed by atoms with Gasteiger partial charge in [-0.2, -0.15) is 0 Å². The zero-order chi connectivity index (χ0) is 22.1. The number of hydrogen-bond donors (Lipinski definition) is 2. The van der Waals surface area contributed by atoms with Gasteiger partial charge in [-0.05, 0) is 41.5 Å². The van der Waals surface area contributed by atoms with Crippen LogP contribution in [0.2, 0.25) is 0 Å². The highest BCUT2D eigenvalue weighted by molar-refractivity contribution is 7.91. The molecule has 6 nitrogen and oxygen atoms in total. The lowest BCUT2D eigenvalue weighted by atomic mass is 9.89. The van der Waals surface area contributed by atoms with Gasteiger partial charge in [-0.3, -0.25) is 4.90 Å². The molecule has 0 atom stereocenters. The van der Waals surface area contributed by atoms with Crippen LogP contribution in [0.5, 0.6) is 0 Å². The van der Waals surface area contributed by atoms with E-state index < -0.39 is 9.84 Å². The van der Waals surface area contributed by atoms with Crippen LogP contribution in [0.15, 0.2) is 42.5 Å². The molecule has 0 aliphatic carbocycles. The van der Waals surface area contributed by atoms with Gasteiger partial charge in [0.15, 0.2) is 9.84 Å². The molecule has 8 heteroatoms. The lowest BCUT2D eigenvalue weighted by Gasteiger charge is -2.27. The second-order valence-corrected chi connectivity index (χ2v) is 11.1. The van der Waals surface area contributed by atoms with Gasteiger partial charge in [0.05, 0.1) is 22.7 Å².